The molecule has 58 heavy (non-hydrogen) atoms. The van der Waals surface area contributed by atoms with Gasteiger partial charge >= 0.3 is 24.8 Å². The molecule has 10 aromatic rings. The third-order valence-corrected chi connectivity index (χ3v) is 13.5. The summed E-state index contributed by atoms with van der Waals surface area (Å²) >= 11 is 7.04. The first kappa shape index (κ1) is 36.8. The van der Waals surface area contributed by atoms with Crippen molar-refractivity contribution in [3.63, 3.8) is 0 Å². The Morgan fingerprint density at radius 2 is 0.724 bits per heavy atom. The van der Waals surface area contributed by atoms with Gasteiger partial charge in [-0.3, -0.25) is 0 Å². The monoisotopic (exact) mass is 824 g/mol. The molecular weight excluding hydrogens is 785 g/mol. The van der Waals surface area contributed by atoms with Gasteiger partial charge in [-0.1, -0.05) is 201 Å². The molecule has 0 atom stereocenters. The molecule has 0 saturated heterocycles. The number of nitrogens with zero attached hydrogens (tertiary/aromatic N) is 1. The first-order chi connectivity index (χ1) is 28.2. The molecule has 2 aliphatic carbocycles. The minimum atomic E-state index is -0.0547. The SMILES string of the molecule is CC1(C)c2cc(Br)c3ccccc3c2-c2c1c1ccccc1c1ccccc21.CC1(C)c2ccc3ccccc3c2-c2c1c1ccccc1c1ccccc21.[B]=NS. The molecule has 2 aliphatic rings. The van der Waals surface area contributed by atoms with Crippen LogP contribution in [-0.2, 0) is 10.8 Å². The average molecular weight is 826 g/mol. The van der Waals surface area contributed by atoms with Crippen LogP contribution in [0.5, 0.6) is 0 Å². The van der Waals surface area contributed by atoms with E-state index in [0.717, 1.165) is 0 Å². The molecule has 1 radical (unpaired) electrons. The molecule has 12 rings (SSSR count). The van der Waals surface area contributed by atoms with Gasteiger partial charge in [-0.2, -0.15) is 0 Å². The maximum atomic E-state index is 4.34. The predicted octanol–water partition coefficient (Wildman–Crippen LogP) is 15.9. The molecule has 1 nitrogen and oxygen atoms in total. The Morgan fingerprint density at radius 1 is 0.397 bits per heavy atom. The van der Waals surface area contributed by atoms with Crippen LogP contribution in [0.25, 0.3) is 86.9 Å². The topological polar surface area (TPSA) is 12.4 Å². The summed E-state index contributed by atoms with van der Waals surface area (Å²) in [4.78, 5) is 0. The Morgan fingerprint density at radius 3 is 1.21 bits per heavy atom. The first-order valence-electron chi connectivity index (χ1n) is 19.8. The predicted molar refractivity (Wildman–Crippen MR) is 258 cm³/mol. The Balaban J connectivity index is 0.000000132. The van der Waals surface area contributed by atoms with Gasteiger partial charge in [0.25, 0.3) is 0 Å². The van der Waals surface area contributed by atoms with E-state index in [1.807, 2.05) is 0 Å². The first-order valence-corrected chi connectivity index (χ1v) is 21.0. The second-order valence-electron chi connectivity index (χ2n) is 16.6. The Hall–Kier alpha value is -5.55. The van der Waals surface area contributed by atoms with Crippen molar-refractivity contribution in [3.8, 4) is 22.3 Å². The van der Waals surface area contributed by atoms with E-state index in [1.165, 1.54) is 114 Å². The zero-order valence-electron chi connectivity index (χ0n) is 32.9. The van der Waals surface area contributed by atoms with Crippen molar-refractivity contribution in [2.75, 3.05) is 0 Å². The molecule has 277 valence electrons. The van der Waals surface area contributed by atoms with E-state index < -0.39 is 0 Å². The van der Waals surface area contributed by atoms with Crippen LogP contribution < -0.4 is 0 Å². The Kier molecular flexibility index (Phi) is 8.74. The van der Waals surface area contributed by atoms with Crippen LogP contribution in [0.1, 0.15) is 49.9 Å². The van der Waals surface area contributed by atoms with Gasteiger partial charge in [0, 0.05) is 15.3 Å². The van der Waals surface area contributed by atoms with Crippen LogP contribution in [-0.4, -0.2) is 7.64 Å². The number of rotatable bonds is 0. The number of hydrogen-bond donors (Lipinski definition) is 1. The zero-order chi connectivity index (χ0) is 39.9. The Labute approximate surface area is 354 Å². The fourth-order valence-electron chi connectivity index (χ4n) is 10.5. The van der Waals surface area contributed by atoms with Crippen LogP contribution in [0.4, 0.5) is 0 Å². The van der Waals surface area contributed by atoms with Crippen LogP contribution in [0, 0.1) is 0 Å². The molecule has 0 unspecified atom stereocenters. The molecule has 4 heteroatoms. The standard InChI is InChI=1S/C27H19Br.C27H20.BHNS/c1-27(2)22-15-23(28)18-11-5-7-13-20(18)24(22)25-19-12-6-3-9-16(19)17-10-4-8-14-21(17)26(25)27;1-27(2)23-16-15-17-9-3-4-10-18(17)24(23)25-21-13-7-5-11-19(21)20-12-6-8-14-22(20)26(25)27;1-2-3/h3-15H,1-2H3;3-16H,1-2H3;3H. The molecule has 0 saturated carbocycles. The summed E-state index contributed by atoms with van der Waals surface area (Å²) in [6.07, 6.45) is 0. The minimum absolute atomic E-state index is 0.0155. The molecular formula is C54H40BBrNS. The van der Waals surface area contributed by atoms with E-state index in [2.05, 4.69) is 232 Å². The van der Waals surface area contributed by atoms with Crippen LogP contribution in [0.15, 0.2) is 173 Å². The number of hydrogen-bond acceptors (Lipinski definition) is 2. The second kappa shape index (κ2) is 13.8. The van der Waals surface area contributed by atoms with E-state index in [0.29, 0.717) is 0 Å². The van der Waals surface area contributed by atoms with Gasteiger partial charge in [-0.25, -0.2) is 0 Å². The van der Waals surface area contributed by atoms with E-state index in [9.17, 15) is 0 Å². The third kappa shape index (κ3) is 5.24. The molecule has 0 N–H and O–H groups in total. The molecule has 0 bridgehead atoms. The molecule has 0 fully saturated rings. The van der Waals surface area contributed by atoms with Crippen molar-refractivity contribution in [2.24, 2.45) is 4.30 Å². The zero-order valence-corrected chi connectivity index (χ0v) is 35.4. The fraction of sp³-hybridized carbons (Fsp3) is 0.111. The number of halogens is 1. The quantitative estimate of drug-likeness (QED) is 0.0888. The summed E-state index contributed by atoms with van der Waals surface area (Å²) in [5, 5.41) is 16.2. The third-order valence-electron chi connectivity index (χ3n) is 12.9. The fourth-order valence-corrected chi connectivity index (χ4v) is 11.1. The maximum absolute atomic E-state index is 4.34. The molecule has 0 aliphatic heterocycles. The van der Waals surface area contributed by atoms with E-state index in [1.54, 1.807) is 0 Å². The van der Waals surface area contributed by atoms with Gasteiger partial charge in [0.2, 0.25) is 0 Å². The summed E-state index contributed by atoms with van der Waals surface area (Å²) in [7, 11) is 4.34. The molecule has 0 aromatic heterocycles. The van der Waals surface area contributed by atoms with Crippen molar-refractivity contribution in [3.05, 3.63) is 191 Å². The van der Waals surface area contributed by atoms with Crippen LogP contribution >= 0.6 is 28.7 Å². The van der Waals surface area contributed by atoms with Gasteiger partial charge in [0.05, 0.1) is 0 Å². The van der Waals surface area contributed by atoms with E-state index >= 15 is 0 Å². The van der Waals surface area contributed by atoms with Crippen molar-refractivity contribution in [2.45, 2.75) is 38.5 Å². The Bertz CT molecular complexity index is 3340. The molecule has 0 amide bonds. The van der Waals surface area contributed by atoms with Gasteiger partial charge < -0.3 is 0 Å². The van der Waals surface area contributed by atoms with Crippen molar-refractivity contribution in [1.29, 1.82) is 0 Å². The van der Waals surface area contributed by atoms with E-state index in [4.69, 9.17) is 0 Å². The normalized spacial score (nSPS) is 14.0. The van der Waals surface area contributed by atoms with Gasteiger partial charge in [0.15, 0.2) is 0 Å². The average Bonchev–Trinajstić information content (AvgIpc) is 3.65. The summed E-state index contributed by atoms with van der Waals surface area (Å²) in [5.41, 5.74) is 11.4. The second-order valence-corrected chi connectivity index (χ2v) is 17.7. The molecule has 0 heterocycles. The van der Waals surface area contributed by atoms with E-state index in [-0.39, 0.29) is 10.8 Å². The summed E-state index contributed by atoms with van der Waals surface area (Å²) in [5.74, 6) is 0. The summed E-state index contributed by atoms with van der Waals surface area (Å²) < 4.78 is 3.87. The van der Waals surface area contributed by atoms with Gasteiger partial charge in [-0.15, -0.1) is 0 Å². The number of benzene rings is 10. The van der Waals surface area contributed by atoms with Gasteiger partial charge in [0.1, 0.15) is 0 Å². The van der Waals surface area contributed by atoms with Crippen molar-refractivity contribution >= 4 is 101 Å². The van der Waals surface area contributed by atoms with Crippen molar-refractivity contribution in [1.82, 2.24) is 0 Å². The summed E-state index contributed by atoms with van der Waals surface area (Å²) in [6.45, 7) is 9.52. The number of thiol groups is 1. The summed E-state index contributed by atoms with van der Waals surface area (Å²) in [6, 6.07) is 60.1. The molecule has 0 spiro atoms. The van der Waals surface area contributed by atoms with Gasteiger partial charge in [-0.05, 0) is 115 Å². The van der Waals surface area contributed by atoms with Crippen LogP contribution in [0.3, 0.4) is 0 Å². The van der Waals surface area contributed by atoms with Crippen molar-refractivity contribution < 1.29 is 0 Å². The molecule has 10 aromatic carbocycles. The number of fused-ring (bicyclic) bond motifs is 20. The van der Waals surface area contributed by atoms with Crippen LogP contribution in [0.2, 0.25) is 0 Å².